The summed E-state index contributed by atoms with van der Waals surface area (Å²) in [6.07, 6.45) is 6.13. The molecule has 2 saturated heterocycles. The maximum Gasteiger partial charge on any atom is 0.326 e. The number of hydrogen-bond acceptors (Lipinski definition) is 6. The minimum absolute atomic E-state index is 0.130. The normalized spacial score (nSPS) is 23.7. The Kier molecular flexibility index (Phi) is 5.08. The number of urea groups is 1. The maximum absolute atomic E-state index is 12.8. The highest BCUT2D eigenvalue weighted by molar-refractivity contribution is 7.19. The fraction of sp³-hybridized carbons (Fsp3) is 0.824. The lowest BCUT2D eigenvalue weighted by Crippen LogP contribution is -2.46. The van der Waals surface area contributed by atoms with E-state index in [4.69, 9.17) is 0 Å². The van der Waals surface area contributed by atoms with Gasteiger partial charge in [-0.1, -0.05) is 37.5 Å². The molecule has 0 N–H and O–H groups in total. The number of rotatable bonds is 4. The van der Waals surface area contributed by atoms with Gasteiger partial charge in [-0.2, -0.15) is 0 Å². The first-order valence-electron chi connectivity index (χ1n) is 9.65. The summed E-state index contributed by atoms with van der Waals surface area (Å²) in [5, 5.41) is 10.4. The Morgan fingerprint density at radius 2 is 1.68 bits per heavy atom. The van der Waals surface area contributed by atoms with Gasteiger partial charge in [0.2, 0.25) is 10.3 Å². The molecule has 3 heterocycles. The highest BCUT2D eigenvalue weighted by atomic mass is 32.1. The van der Waals surface area contributed by atoms with E-state index in [0.29, 0.717) is 6.04 Å². The zero-order chi connectivity index (χ0) is 17.2. The molecule has 8 heteroatoms. The van der Waals surface area contributed by atoms with E-state index in [-0.39, 0.29) is 6.03 Å². The number of anilines is 2. The van der Waals surface area contributed by atoms with Crippen LogP contribution in [0.15, 0.2) is 0 Å². The number of aromatic nitrogens is 2. The van der Waals surface area contributed by atoms with Crippen molar-refractivity contribution in [1.82, 2.24) is 20.0 Å². The molecule has 0 bridgehead atoms. The van der Waals surface area contributed by atoms with Crippen molar-refractivity contribution < 1.29 is 4.79 Å². The van der Waals surface area contributed by atoms with Crippen molar-refractivity contribution in [2.24, 2.45) is 0 Å². The zero-order valence-corrected chi connectivity index (χ0v) is 15.9. The van der Waals surface area contributed by atoms with Gasteiger partial charge in [0.15, 0.2) is 0 Å². The standard InChI is InChI=1S/C17H28N6OS/c1-2-20-8-10-21(11-9-20)15-18-19-16(25-15)23-13-12-22(17(23)24)14-6-4-3-5-7-14/h14H,2-13H2,1H3. The number of hydrogen-bond donors (Lipinski definition) is 0. The number of likely N-dealkylation sites (N-methyl/N-ethyl adjacent to an activating group) is 1. The van der Waals surface area contributed by atoms with Gasteiger partial charge in [-0.25, -0.2) is 4.79 Å². The van der Waals surface area contributed by atoms with Gasteiger partial charge in [0, 0.05) is 45.3 Å². The van der Waals surface area contributed by atoms with Crippen LogP contribution in [-0.2, 0) is 0 Å². The molecule has 0 unspecified atom stereocenters. The minimum atomic E-state index is 0.130. The average Bonchev–Trinajstić information content (AvgIpc) is 3.29. The zero-order valence-electron chi connectivity index (χ0n) is 15.1. The smallest absolute Gasteiger partial charge is 0.326 e. The van der Waals surface area contributed by atoms with Crippen LogP contribution in [-0.4, -0.2) is 77.9 Å². The van der Waals surface area contributed by atoms with Gasteiger partial charge in [-0.3, -0.25) is 4.90 Å². The van der Waals surface area contributed by atoms with Crippen molar-refractivity contribution in [2.45, 2.75) is 45.1 Å². The summed E-state index contributed by atoms with van der Waals surface area (Å²) >= 11 is 1.56. The first-order chi connectivity index (χ1) is 12.3. The lowest BCUT2D eigenvalue weighted by atomic mass is 9.94. The van der Waals surface area contributed by atoms with Crippen LogP contribution in [0.1, 0.15) is 39.0 Å². The van der Waals surface area contributed by atoms with Crippen LogP contribution in [0.2, 0.25) is 0 Å². The van der Waals surface area contributed by atoms with Crippen molar-refractivity contribution in [1.29, 1.82) is 0 Å². The second kappa shape index (κ2) is 7.45. The molecule has 3 fully saturated rings. The van der Waals surface area contributed by atoms with Gasteiger partial charge in [0.25, 0.3) is 0 Å². The molecule has 1 aromatic rings. The van der Waals surface area contributed by atoms with Crippen LogP contribution in [0.5, 0.6) is 0 Å². The molecule has 1 saturated carbocycles. The molecule has 138 valence electrons. The van der Waals surface area contributed by atoms with Gasteiger partial charge in [-0.15, -0.1) is 10.2 Å². The second-order valence-electron chi connectivity index (χ2n) is 7.21. The maximum atomic E-state index is 12.8. The number of nitrogens with zero attached hydrogens (tertiary/aromatic N) is 6. The van der Waals surface area contributed by atoms with Gasteiger partial charge in [0.05, 0.1) is 0 Å². The molecule has 0 radical (unpaired) electrons. The summed E-state index contributed by atoms with van der Waals surface area (Å²) in [7, 11) is 0. The van der Waals surface area contributed by atoms with Gasteiger partial charge < -0.3 is 14.7 Å². The fourth-order valence-electron chi connectivity index (χ4n) is 4.16. The monoisotopic (exact) mass is 364 g/mol. The highest BCUT2D eigenvalue weighted by Gasteiger charge is 2.36. The van der Waals surface area contributed by atoms with Crippen LogP contribution in [0.4, 0.5) is 15.1 Å². The van der Waals surface area contributed by atoms with Crippen LogP contribution < -0.4 is 9.80 Å². The topological polar surface area (TPSA) is 55.8 Å². The molecule has 25 heavy (non-hydrogen) atoms. The quantitative estimate of drug-likeness (QED) is 0.820. The molecule has 1 aromatic heterocycles. The van der Waals surface area contributed by atoms with Crippen LogP contribution in [0.3, 0.4) is 0 Å². The minimum Gasteiger partial charge on any atom is -0.344 e. The molecule has 0 spiro atoms. The van der Waals surface area contributed by atoms with E-state index in [2.05, 4.69) is 31.8 Å². The first-order valence-corrected chi connectivity index (χ1v) is 10.5. The van der Waals surface area contributed by atoms with E-state index < -0.39 is 0 Å². The van der Waals surface area contributed by atoms with E-state index in [1.54, 1.807) is 11.3 Å². The first kappa shape index (κ1) is 17.0. The van der Waals surface area contributed by atoms with Crippen molar-refractivity contribution in [2.75, 3.05) is 55.6 Å². The van der Waals surface area contributed by atoms with E-state index in [9.17, 15) is 4.79 Å². The number of amides is 2. The predicted molar refractivity (Wildman–Crippen MR) is 101 cm³/mol. The molecule has 1 aliphatic carbocycles. The number of carbonyl (C=O) groups is 1. The molecule has 0 atom stereocenters. The van der Waals surface area contributed by atoms with Gasteiger partial charge in [0.1, 0.15) is 0 Å². The summed E-state index contributed by atoms with van der Waals surface area (Å²) in [5.74, 6) is 0. The van der Waals surface area contributed by atoms with Crippen molar-refractivity contribution in [3.8, 4) is 0 Å². The fourth-order valence-corrected chi connectivity index (χ4v) is 5.08. The van der Waals surface area contributed by atoms with E-state index >= 15 is 0 Å². The molecule has 7 nitrogen and oxygen atoms in total. The predicted octanol–water partition coefficient (Wildman–Crippen LogP) is 2.25. The molecule has 2 amide bonds. The van der Waals surface area contributed by atoms with E-state index in [1.165, 1.54) is 19.3 Å². The Hall–Kier alpha value is -1.41. The molecular formula is C17H28N6OS. The summed E-state index contributed by atoms with van der Waals surface area (Å²) in [4.78, 5) is 21.5. The Morgan fingerprint density at radius 1 is 0.960 bits per heavy atom. The Bertz CT molecular complexity index is 594. The lowest BCUT2D eigenvalue weighted by molar-refractivity contribution is 0.181. The largest absolute Gasteiger partial charge is 0.344 e. The summed E-state index contributed by atoms with van der Waals surface area (Å²) in [5.41, 5.74) is 0. The highest BCUT2D eigenvalue weighted by Crippen LogP contribution is 2.32. The van der Waals surface area contributed by atoms with Crippen LogP contribution in [0, 0.1) is 0 Å². The van der Waals surface area contributed by atoms with Crippen LogP contribution in [0.25, 0.3) is 0 Å². The molecule has 3 aliphatic rings. The Labute approximate surface area is 153 Å². The SMILES string of the molecule is CCN1CCN(c2nnc(N3CCN(C4CCCCC4)C3=O)s2)CC1. The molecule has 0 aromatic carbocycles. The van der Waals surface area contributed by atoms with E-state index in [1.807, 2.05) is 4.90 Å². The third-order valence-electron chi connectivity index (χ3n) is 5.78. The van der Waals surface area contributed by atoms with Crippen LogP contribution >= 0.6 is 11.3 Å². The van der Waals surface area contributed by atoms with Crippen molar-refractivity contribution in [3.63, 3.8) is 0 Å². The molecular weight excluding hydrogens is 336 g/mol. The summed E-state index contributed by atoms with van der Waals surface area (Å²) in [6, 6.07) is 0.561. The average molecular weight is 365 g/mol. The molecule has 2 aliphatic heterocycles. The van der Waals surface area contributed by atoms with Crippen molar-refractivity contribution >= 4 is 27.6 Å². The molecule has 4 rings (SSSR count). The third kappa shape index (κ3) is 3.46. The summed E-state index contributed by atoms with van der Waals surface area (Å²) in [6.45, 7) is 9.01. The second-order valence-corrected chi connectivity index (χ2v) is 8.14. The van der Waals surface area contributed by atoms with E-state index in [0.717, 1.165) is 68.9 Å². The Morgan fingerprint density at radius 3 is 2.40 bits per heavy atom. The van der Waals surface area contributed by atoms with Gasteiger partial charge in [-0.05, 0) is 19.4 Å². The lowest BCUT2D eigenvalue weighted by Gasteiger charge is -2.33. The number of piperazine rings is 1. The van der Waals surface area contributed by atoms with Crippen molar-refractivity contribution in [3.05, 3.63) is 0 Å². The third-order valence-corrected chi connectivity index (χ3v) is 6.79. The Balaban J connectivity index is 1.39. The summed E-state index contributed by atoms with van der Waals surface area (Å²) < 4.78 is 0. The number of carbonyl (C=O) groups excluding carboxylic acids is 1. The van der Waals surface area contributed by atoms with Gasteiger partial charge >= 0.3 is 6.03 Å².